The van der Waals surface area contributed by atoms with Gasteiger partial charge in [0.1, 0.15) is 19.3 Å². The molecule has 0 fully saturated rings. The molecule has 9 nitrogen and oxygen atoms in total. The number of amides is 1. The molecule has 71 heavy (non-hydrogen) atoms. The van der Waals surface area contributed by atoms with Gasteiger partial charge in [-0.1, -0.05) is 216 Å². The largest absolute Gasteiger partial charge is 0.756 e. The number of hydrogen-bond donors (Lipinski definition) is 1. The molecular weight excluding hydrogens is 904 g/mol. The highest BCUT2D eigenvalue weighted by molar-refractivity contribution is 7.45. The number of carbonyl (C=O) groups excluding carboxylic acids is 2. The SMILES string of the molecule is CCCC/C=C\CCCCCCCC(=O)NC(COP(=O)([O-])OCC[N+](C)(C)C)C(/C=C\CCCCCCCCCCCCC)OC(=O)CCCCCCC/C=C\C/C=C\C/C=C\C/C=C\CCCCC. The average Bonchev–Trinajstić information content (AvgIpc) is 3.33. The van der Waals surface area contributed by atoms with Crippen LogP contribution < -0.4 is 10.2 Å². The lowest BCUT2D eigenvalue weighted by molar-refractivity contribution is -0.870. The van der Waals surface area contributed by atoms with E-state index in [1.54, 1.807) is 0 Å². The van der Waals surface area contributed by atoms with E-state index < -0.39 is 26.6 Å². The number of rotatable bonds is 52. The van der Waals surface area contributed by atoms with E-state index in [-0.39, 0.29) is 24.9 Å². The van der Waals surface area contributed by atoms with Crippen LogP contribution >= 0.6 is 7.82 Å². The summed E-state index contributed by atoms with van der Waals surface area (Å²) in [7, 11) is 1.16. The first-order chi connectivity index (χ1) is 34.4. The van der Waals surface area contributed by atoms with Crippen LogP contribution in [0.4, 0.5) is 0 Å². The molecule has 0 aliphatic carbocycles. The van der Waals surface area contributed by atoms with Crippen LogP contribution in [-0.2, 0) is 27.9 Å². The summed E-state index contributed by atoms with van der Waals surface area (Å²) in [6, 6.07) is -0.901. The van der Waals surface area contributed by atoms with Crippen LogP contribution in [0.25, 0.3) is 0 Å². The number of likely N-dealkylation sites (N-methyl/N-ethyl adjacent to an activating group) is 1. The Kier molecular flexibility index (Phi) is 49.1. The van der Waals surface area contributed by atoms with Gasteiger partial charge in [0.15, 0.2) is 0 Å². The molecule has 0 radical (unpaired) electrons. The second-order valence-electron chi connectivity index (χ2n) is 20.8. The van der Waals surface area contributed by atoms with Crippen molar-refractivity contribution in [3.8, 4) is 0 Å². The van der Waals surface area contributed by atoms with Crippen LogP contribution in [0, 0.1) is 0 Å². The number of allylic oxidation sites excluding steroid dienone is 11. The minimum absolute atomic E-state index is 0.0295. The van der Waals surface area contributed by atoms with Crippen molar-refractivity contribution in [1.29, 1.82) is 0 Å². The predicted octanol–water partition coefficient (Wildman–Crippen LogP) is 17.0. The third-order valence-electron chi connectivity index (χ3n) is 12.6. The monoisotopic (exact) mass is 1010 g/mol. The smallest absolute Gasteiger partial charge is 0.306 e. The maximum atomic E-state index is 13.4. The molecule has 0 aliphatic rings. The van der Waals surface area contributed by atoms with E-state index in [1.807, 2.05) is 33.3 Å². The molecule has 0 bridgehead atoms. The molecular formula is C61H111N2O7P. The second kappa shape index (κ2) is 51.0. The summed E-state index contributed by atoms with van der Waals surface area (Å²) >= 11 is 0. The van der Waals surface area contributed by atoms with E-state index in [0.29, 0.717) is 23.9 Å². The first-order valence-corrected chi connectivity index (χ1v) is 30.7. The standard InChI is InChI=1S/C61H111N2O7P/c1-7-10-13-16-19-22-25-27-28-29-30-31-32-33-34-36-39-42-45-48-51-54-61(65)70-59(52-49-46-43-40-38-35-26-23-20-17-14-11-8-2)58(57-69-71(66,67)68-56-55-63(4,5)6)62-60(64)53-50-47-44-41-37-24-21-18-15-12-9-3/h18-19,21-22,27-28,30-31,33-34,49,52,58-59H,7-17,20,23-26,29,32,35-48,50-51,53-57H2,1-6H3,(H-,62,64,66,67)/b21-18-,22-19-,28-27-,31-30-,34-33-,52-49-. The number of quaternary nitrogens is 1. The minimum atomic E-state index is -4.70. The summed E-state index contributed by atoms with van der Waals surface area (Å²) in [6.45, 7) is 6.75. The van der Waals surface area contributed by atoms with Gasteiger partial charge >= 0.3 is 5.97 Å². The van der Waals surface area contributed by atoms with Gasteiger partial charge in [0.2, 0.25) is 5.91 Å². The first kappa shape index (κ1) is 68.5. The Morgan fingerprint density at radius 1 is 0.493 bits per heavy atom. The number of carbonyl (C=O) groups is 2. The summed E-state index contributed by atoms with van der Waals surface area (Å²) in [5, 5.41) is 3.01. The van der Waals surface area contributed by atoms with Gasteiger partial charge in [-0.05, 0) is 96.0 Å². The fourth-order valence-corrected chi connectivity index (χ4v) is 8.74. The van der Waals surface area contributed by atoms with E-state index in [4.69, 9.17) is 13.8 Å². The Bertz CT molecular complexity index is 1450. The predicted molar refractivity (Wildman–Crippen MR) is 302 cm³/mol. The third kappa shape index (κ3) is 52.1. The fourth-order valence-electron chi connectivity index (χ4n) is 8.01. The van der Waals surface area contributed by atoms with Crippen LogP contribution in [0.2, 0.25) is 0 Å². The van der Waals surface area contributed by atoms with Gasteiger partial charge in [0.25, 0.3) is 7.82 Å². The number of hydrogen-bond acceptors (Lipinski definition) is 7. The molecule has 0 aromatic rings. The number of esters is 1. The van der Waals surface area contributed by atoms with E-state index >= 15 is 0 Å². The Labute approximate surface area is 438 Å². The molecule has 10 heteroatoms. The number of nitrogens with zero attached hydrogens (tertiary/aromatic N) is 1. The fraction of sp³-hybridized carbons (Fsp3) is 0.770. The van der Waals surface area contributed by atoms with Crippen molar-refractivity contribution in [3.63, 3.8) is 0 Å². The molecule has 412 valence electrons. The van der Waals surface area contributed by atoms with Gasteiger partial charge in [-0.15, -0.1) is 0 Å². The zero-order chi connectivity index (χ0) is 52.2. The topological polar surface area (TPSA) is 114 Å². The average molecular weight is 1020 g/mol. The lowest BCUT2D eigenvalue weighted by atomic mass is 10.0. The van der Waals surface area contributed by atoms with Gasteiger partial charge in [0.05, 0.1) is 33.8 Å². The minimum Gasteiger partial charge on any atom is -0.756 e. The molecule has 0 aliphatic heterocycles. The molecule has 0 aromatic heterocycles. The van der Waals surface area contributed by atoms with Crippen molar-refractivity contribution in [2.45, 2.75) is 264 Å². The molecule has 0 aromatic carbocycles. The summed E-state index contributed by atoms with van der Waals surface area (Å²) in [4.78, 5) is 39.8. The number of unbranched alkanes of at least 4 members (excludes halogenated alkanes) is 26. The summed E-state index contributed by atoms with van der Waals surface area (Å²) < 4.78 is 30.2. The Balaban J connectivity index is 5.33. The number of phosphoric acid groups is 1. The van der Waals surface area contributed by atoms with Crippen LogP contribution in [0.5, 0.6) is 0 Å². The molecule has 1 N–H and O–H groups in total. The van der Waals surface area contributed by atoms with Crippen molar-refractivity contribution in [2.75, 3.05) is 40.9 Å². The number of phosphoric ester groups is 1. The highest BCUT2D eigenvalue weighted by Gasteiger charge is 2.27. The molecule has 3 atom stereocenters. The van der Waals surface area contributed by atoms with Crippen molar-refractivity contribution in [2.24, 2.45) is 0 Å². The number of ether oxygens (including phenoxy) is 1. The molecule has 1 amide bonds. The van der Waals surface area contributed by atoms with Gasteiger partial charge < -0.3 is 28.5 Å². The third-order valence-corrected chi connectivity index (χ3v) is 13.6. The van der Waals surface area contributed by atoms with E-state index in [9.17, 15) is 19.0 Å². The van der Waals surface area contributed by atoms with Crippen LogP contribution in [0.15, 0.2) is 72.9 Å². The zero-order valence-corrected chi connectivity index (χ0v) is 47.8. The maximum absolute atomic E-state index is 13.4. The molecule has 3 unspecified atom stereocenters. The molecule has 0 heterocycles. The van der Waals surface area contributed by atoms with Crippen molar-refractivity contribution in [1.82, 2.24) is 5.32 Å². The van der Waals surface area contributed by atoms with E-state index in [2.05, 4.69) is 86.8 Å². The summed E-state index contributed by atoms with van der Waals surface area (Å²) in [5.74, 6) is -0.575. The van der Waals surface area contributed by atoms with Crippen molar-refractivity contribution < 1.29 is 37.3 Å². The summed E-state index contributed by atoms with van der Waals surface area (Å²) in [6.07, 6.45) is 64.3. The van der Waals surface area contributed by atoms with Gasteiger partial charge in [-0.3, -0.25) is 14.2 Å². The van der Waals surface area contributed by atoms with E-state index in [1.165, 1.54) is 96.3 Å². The zero-order valence-electron chi connectivity index (χ0n) is 46.9. The Morgan fingerprint density at radius 3 is 1.37 bits per heavy atom. The Morgan fingerprint density at radius 2 is 0.873 bits per heavy atom. The van der Waals surface area contributed by atoms with E-state index in [0.717, 1.165) is 116 Å². The lowest BCUT2D eigenvalue weighted by Crippen LogP contribution is -2.47. The van der Waals surface area contributed by atoms with Crippen molar-refractivity contribution in [3.05, 3.63) is 72.9 Å². The number of nitrogens with one attached hydrogen (secondary N) is 1. The van der Waals surface area contributed by atoms with Gasteiger partial charge in [0, 0.05) is 12.8 Å². The molecule has 0 saturated heterocycles. The second-order valence-corrected chi connectivity index (χ2v) is 22.2. The highest BCUT2D eigenvalue weighted by Crippen LogP contribution is 2.38. The van der Waals surface area contributed by atoms with Crippen LogP contribution in [0.1, 0.15) is 252 Å². The quantitative estimate of drug-likeness (QED) is 0.0212. The Hall–Kier alpha value is -2.55. The normalized spacial score (nSPS) is 14.3. The van der Waals surface area contributed by atoms with Gasteiger partial charge in [-0.25, -0.2) is 0 Å². The molecule has 0 rings (SSSR count). The van der Waals surface area contributed by atoms with Crippen LogP contribution in [0.3, 0.4) is 0 Å². The van der Waals surface area contributed by atoms with Crippen LogP contribution in [-0.4, -0.2) is 69.4 Å². The lowest BCUT2D eigenvalue weighted by Gasteiger charge is -2.30. The van der Waals surface area contributed by atoms with Gasteiger partial charge in [-0.2, -0.15) is 0 Å². The maximum Gasteiger partial charge on any atom is 0.306 e. The first-order valence-electron chi connectivity index (χ1n) is 29.2. The molecule has 0 spiro atoms. The summed E-state index contributed by atoms with van der Waals surface area (Å²) in [5.41, 5.74) is 0. The highest BCUT2D eigenvalue weighted by atomic mass is 31.2. The van der Waals surface area contributed by atoms with Crippen molar-refractivity contribution >= 4 is 19.7 Å². The molecule has 0 saturated carbocycles.